The number of hydrogen-bond donors (Lipinski definition) is 3. The molecule has 0 aromatic heterocycles. The zero-order valence-electron chi connectivity index (χ0n) is 16.3. The minimum atomic E-state index is -3.91. The highest BCUT2D eigenvalue weighted by atomic mass is 31.2. The van der Waals surface area contributed by atoms with E-state index in [2.05, 4.69) is 6.92 Å². The fraction of sp³-hybridized carbons (Fsp3) is 0.889. The number of carbonyl (C=O) groups is 2. The summed E-state index contributed by atoms with van der Waals surface area (Å²) in [5, 5.41) is 9.29. The van der Waals surface area contributed by atoms with Crippen molar-refractivity contribution in [1.29, 1.82) is 0 Å². The summed E-state index contributed by atoms with van der Waals surface area (Å²) in [6, 6.07) is -0.884. The second kappa shape index (κ2) is 12.5. The molecule has 1 fully saturated rings. The van der Waals surface area contributed by atoms with Gasteiger partial charge in [-0.2, -0.15) is 0 Å². The first-order valence-corrected chi connectivity index (χ1v) is 11.8. The Morgan fingerprint density at radius 2 is 1.93 bits per heavy atom. The summed E-state index contributed by atoms with van der Waals surface area (Å²) in [6.45, 7) is 2.89. The van der Waals surface area contributed by atoms with Crippen molar-refractivity contribution < 1.29 is 28.7 Å². The molecule has 8 nitrogen and oxygen atoms in total. The molecule has 1 aliphatic heterocycles. The first-order valence-electron chi connectivity index (χ1n) is 10.1. The lowest BCUT2D eigenvalue weighted by Crippen LogP contribution is -2.46. The molecule has 1 amide bonds. The molecule has 0 aliphatic carbocycles. The number of rotatable bonds is 14. The van der Waals surface area contributed by atoms with Gasteiger partial charge in [-0.3, -0.25) is 13.9 Å². The first kappa shape index (κ1) is 24.1. The van der Waals surface area contributed by atoms with Crippen molar-refractivity contribution in [3.63, 3.8) is 0 Å². The van der Waals surface area contributed by atoms with Gasteiger partial charge in [0.2, 0.25) is 0 Å². The summed E-state index contributed by atoms with van der Waals surface area (Å²) >= 11 is 0. The summed E-state index contributed by atoms with van der Waals surface area (Å²) < 4.78 is 17.8. The van der Waals surface area contributed by atoms with Gasteiger partial charge in [0, 0.05) is 6.54 Å². The Hall–Kier alpha value is -0.950. The number of nitrogens with two attached hydrogens (primary N) is 1. The lowest BCUT2D eigenvalue weighted by atomic mass is 10.1. The van der Waals surface area contributed by atoms with Crippen molar-refractivity contribution in [1.82, 2.24) is 4.90 Å². The highest BCUT2D eigenvalue weighted by Gasteiger charge is 2.39. The normalized spacial score (nSPS) is 20.4. The molecular weight excluding hydrogens is 371 g/mol. The Labute approximate surface area is 162 Å². The molecule has 0 bridgehead atoms. The zero-order chi connectivity index (χ0) is 20.3. The first-order chi connectivity index (χ1) is 12.8. The standard InChI is InChI=1S/C18H35N2O6P/c1-2-3-4-5-8-14-27(24,25)26-16(11-6-7-12-19)17(21)20-13-9-10-15(20)18(22)23/h15-16H,2-14,19H2,1H3,(H,22,23)(H,24,25)/t15-,16-/m0/s1. The van der Waals surface area contributed by atoms with E-state index in [4.69, 9.17) is 10.3 Å². The number of carboxylic acids is 1. The third-order valence-corrected chi connectivity index (χ3v) is 6.32. The van der Waals surface area contributed by atoms with Gasteiger partial charge in [0.05, 0.1) is 6.16 Å². The van der Waals surface area contributed by atoms with Gasteiger partial charge in [-0.1, -0.05) is 32.6 Å². The third-order valence-electron chi connectivity index (χ3n) is 4.85. The van der Waals surface area contributed by atoms with Gasteiger partial charge in [0.15, 0.2) is 0 Å². The Balaban J connectivity index is 2.70. The minimum Gasteiger partial charge on any atom is -0.480 e. The van der Waals surface area contributed by atoms with Crippen LogP contribution in [0.3, 0.4) is 0 Å². The minimum absolute atomic E-state index is 0.0136. The van der Waals surface area contributed by atoms with Crippen molar-refractivity contribution in [2.24, 2.45) is 5.73 Å². The van der Waals surface area contributed by atoms with E-state index >= 15 is 0 Å². The van der Waals surface area contributed by atoms with Crippen molar-refractivity contribution in [3.05, 3.63) is 0 Å². The van der Waals surface area contributed by atoms with Crippen molar-refractivity contribution in [3.8, 4) is 0 Å². The molecular formula is C18H35N2O6P. The maximum atomic E-state index is 12.8. The molecule has 1 unspecified atom stereocenters. The third kappa shape index (κ3) is 8.73. The number of hydrogen-bond acceptors (Lipinski definition) is 5. The molecule has 3 atom stereocenters. The van der Waals surface area contributed by atoms with Crippen LogP contribution in [0.25, 0.3) is 0 Å². The van der Waals surface area contributed by atoms with Gasteiger partial charge < -0.3 is 20.6 Å². The van der Waals surface area contributed by atoms with Crippen LogP contribution in [0.15, 0.2) is 0 Å². The quantitative estimate of drug-likeness (QED) is 0.299. The van der Waals surface area contributed by atoms with Gasteiger partial charge in [-0.15, -0.1) is 0 Å². The van der Waals surface area contributed by atoms with Crippen LogP contribution >= 0.6 is 7.60 Å². The van der Waals surface area contributed by atoms with E-state index in [1.165, 1.54) is 4.90 Å². The molecule has 1 saturated heterocycles. The number of aliphatic carboxylic acids is 1. The summed E-state index contributed by atoms with van der Waals surface area (Å²) in [5.41, 5.74) is 5.49. The molecule has 158 valence electrons. The largest absolute Gasteiger partial charge is 0.480 e. The van der Waals surface area contributed by atoms with E-state index in [1.54, 1.807) is 0 Å². The molecule has 27 heavy (non-hydrogen) atoms. The van der Waals surface area contributed by atoms with Crippen molar-refractivity contribution in [2.75, 3.05) is 19.3 Å². The van der Waals surface area contributed by atoms with E-state index in [0.717, 1.165) is 25.7 Å². The number of carboxylic acid groups (broad SMARTS) is 1. The Morgan fingerprint density at radius 3 is 2.56 bits per heavy atom. The molecule has 1 aliphatic rings. The fourth-order valence-corrected chi connectivity index (χ4v) is 4.66. The molecule has 4 N–H and O–H groups in total. The second-order valence-corrected chi connectivity index (χ2v) is 9.11. The highest BCUT2D eigenvalue weighted by molar-refractivity contribution is 7.52. The lowest BCUT2D eigenvalue weighted by Gasteiger charge is -2.28. The smallest absolute Gasteiger partial charge is 0.328 e. The van der Waals surface area contributed by atoms with Crippen LogP contribution < -0.4 is 5.73 Å². The summed E-state index contributed by atoms with van der Waals surface area (Å²) in [4.78, 5) is 35.6. The monoisotopic (exact) mass is 406 g/mol. The SMILES string of the molecule is CCCCCCCP(=O)(O)O[C@@H](CCCCN)C(=O)N1CCC[C@H]1C(=O)O. The van der Waals surface area contributed by atoms with Crippen LogP contribution in [-0.4, -0.2) is 58.2 Å². The van der Waals surface area contributed by atoms with Crippen LogP contribution in [0.2, 0.25) is 0 Å². The molecule has 9 heteroatoms. The highest BCUT2D eigenvalue weighted by Crippen LogP contribution is 2.45. The van der Waals surface area contributed by atoms with Gasteiger partial charge in [-0.05, 0) is 45.1 Å². The molecule has 0 spiro atoms. The van der Waals surface area contributed by atoms with Gasteiger partial charge in [0.1, 0.15) is 12.1 Å². The molecule has 1 heterocycles. The van der Waals surface area contributed by atoms with Gasteiger partial charge >= 0.3 is 13.6 Å². The number of likely N-dealkylation sites (tertiary alicyclic amines) is 1. The molecule has 1 rings (SSSR count). The van der Waals surface area contributed by atoms with Crippen LogP contribution in [0, 0.1) is 0 Å². The van der Waals surface area contributed by atoms with Crippen LogP contribution in [0.1, 0.15) is 71.1 Å². The van der Waals surface area contributed by atoms with E-state index in [0.29, 0.717) is 45.2 Å². The van der Waals surface area contributed by atoms with Crippen LogP contribution in [-0.2, 0) is 18.7 Å². The molecule has 0 aromatic carbocycles. The Bertz CT molecular complexity index is 516. The number of unbranched alkanes of at least 4 members (excludes halogenated alkanes) is 5. The Kier molecular flexibility index (Phi) is 11.1. The maximum Gasteiger partial charge on any atom is 0.328 e. The number of nitrogens with zero attached hydrogens (tertiary/aromatic N) is 1. The summed E-state index contributed by atoms with van der Waals surface area (Å²) in [7, 11) is -3.91. The molecule has 0 saturated carbocycles. The van der Waals surface area contributed by atoms with Gasteiger partial charge in [0.25, 0.3) is 5.91 Å². The van der Waals surface area contributed by atoms with Crippen LogP contribution in [0.4, 0.5) is 0 Å². The second-order valence-electron chi connectivity index (χ2n) is 7.18. The average Bonchev–Trinajstić information content (AvgIpc) is 3.10. The van der Waals surface area contributed by atoms with E-state index in [1.807, 2.05) is 0 Å². The maximum absolute atomic E-state index is 12.8. The Morgan fingerprint density at radius 1 is 1.22 bits per heavy atom. The predicted molar refractivity (Wildman–Crippen MR) is 104 cm³/mol. The fourth-order valence-electron chi connectivity index (χ4n) is 3.33. The van der Waals surface area contributed by atoms with Crippen molar-refractivity contribution >= 4 is 19.5 Å². The summed E-state index contributed by atoms with van der Waals surface area (Å²) in [5.74, 6) is -1.55. The number of carbonyl (C=O) groups excluding carboxylic acids is 1. The zero-order valence-corrected chi connectivity index (χ0v) is 17.2. The van der Waals surface area contributed by atoms with Gasteiger partial charge in [-0.25, -0.2) is 4.79 Å². The van der Waals surface area contributed by atoms with Crippen LogP contribution in [0.5, 0.6) is 0 Å². The van der Waals surface area contributed by atoms with E-state index < -0.39 is 31.6 Å². The van der Waals surface area contributed by atoms with E-state index in [9.17, 15) is 24.2 Å². The molecule has 0 radical (unpaired) electrons. The topological polar surface area (TPSA) is 130 Å². The number of amides is 1. The molecule has 0 aromatic rings. The lowest BCUT2D eigenvalue weighted by molar-refractivity contribution is -0.151. The predicted octanol–water partition coefficient (Wildman–Crippen LogP) is 2.73. The van der Waals surface area contributed by atoms with E-state index in [-0.39, 0.29) is 12.6 Å². The summed E-state index contributed by atoms with van der Waals surface area (Å²) in [6.07, 6.45) is 6.02. The van der Waals surface area contributed by atoms with Crippen molar-refractivity contribution in [2.45, 2.75) is 83.3 Å². The average molecular weight is 406 g/mol.